The number of fused-ring (bicyclic) bond motifs is 1. The number of hydrogen-bond donors (Lipinski definition) is 1. The van der Waals surface area contributed by atoms with Gasteiger partial charge in [-0.05, 0) is 42.5 Å². The van der Waals surface area contributed by atoms with E-state index in [4.69, 9.17) is 5.26 Å². The molecule has 0 saturated carbocycles. The van der Waals surface area contributed by atoms with Gasteiger partial charge >= 0.3 is 0 Å². The van der Waals surface area contributed by atoms with Gasteiger partial charge in [0.15, 0.2) is 0 Å². The fraction of sp³-hybridized carbons (Fsp3) is 0.167. The summed E-state index contributed by atoms with van der Waals surface area (Å²) in [6, 6.07) is 24.3. The highest BCUT2D eigenvalue weighted by atomic mass is 32.2. The molecule has 1 fully saturated rings. The Bertz CT molecular complexity index is 1400. The Morgan fingerprint density at radius 2 is 1.62 bits per heavy atom. The van der Waals surface area contributed by atoms with Crippen LogP contribution in [0.3, 0.4) is 0 Å². The number of rotatable bonds is 4. The normalized spacial score (nSPS) is 15.0. The van der Waals surface area contributed by atoms with Gasteiger partial charge < -0.3 is 9.88 Å². The largest absolute Gasteiger partial charge is 0.369 e. The van der Waals surface area contributed by atoms with E-state index in [0.29, 0.717) is 43.1 Å². The van der Waals surface area contributed by atoms with Gasteiger partial charge in [0.1, 0.15) is 5.82 Å². The summed E-state index contributed by atoms with van der Waals surface area (Å²) >= 11 is 0. The number of aromatic amines is 1. The van der Waals surface area contributed by atoms with Gasteiger partial charge in [-0.1, -0.05) is 30.3 Å². The number of H-pyrrole nitrogens is 1. The Balaban J connectivity index is 1.34. The molecule has 0 aliphatic carbocycles. The SMILES string of the molecule is N#Cc1ccc(N2CCN(S(=O)(=O)c3ccc4nc(-c5ccccc5)[nH]c4c3)CC2)cc1. The van der Waals surface area contributed by atoms with Crippen LogP contribution >= 0.6 is 0 Å². The van der Waals surface area contributed by atoms with Gasteiger partial charge in [0, 0.05) is 37.4 Å². The number of nitrogens with one attached hydrogen (secondary N) is 1. The third-order valence-electron chi connectivity index (χ3n) is 5.74. The van der Waals surface area contributed by atoms with Crippen molar-refractivity contribution in [3.8, 4) is 17.5 Å². The molecule has 0 amide bonds. The van der Waals surface area contributed by atoms with E-state index in [1.54, 1.807) is 30.3 Å². The lowest BCUT2D eigenvalue weighted by Crippen LogP contribution is -2.48. The molecule has 3 aromatic carbocycles. The Kier molecular flexibility index (Phi) is 5.13. The van der Waals surface area contributed by atoms with Crippen molar-refractivity contribution in [1.29, 1.82) is 5.26 Å². The van der Waals surface area contributed by atoms with Gasteiger partial charge in [-0.3, -0.25) is 0 Å². The van der Waals surface area contributed by atoms with Crippen LogP contribution in [-0.4, -0.2) is 48.9 Å². The zero-order chi connectivity index (χ0) is 22.1. The van der Waals surface area contributed by atoms with E-state index in [-0.39, 0.29) is 4.90 Å². The molecule has 5 rings (SSSR count). The zero-order valence-electron chi connectivity index (χ0n) is 17.3. The van der Waals surface area contributed by atoms with Crippen LogP contribution in [0.4, 0.5) is 5.69 Å². The van der Waals surface area contributed by atoms with E-state index in [1.807, 2.05) is 42.5 Å². The van der Waals surface area contributed by atoms with E-state index < -0.39 is 10.0 Å². The van der Waals surface area contributed by atoms with Gasteiger partial charge in [-0.2, -0.15) is 9.57 Å². The first-order chi connectivity index (χ1) is 15.5. The van der Waals surface area contributed by atoms with Gasteiger partial charge in [-0.25, -0.2) is 13.4 Å². The number of hydrogen-bond acceptors (Lipinski definition) is 5. The van der Waals surface area contributed by atoms with Crippen LogP contribution in [0.25, 0.3) is 22.4 Å². The first-order valence-corrected chi connectivity index (χ1v) is 11.8. The summed E-state index contributed by atoms with van der Waals surface area (Å²) in [5.41, 5.74) is 3.98. The minimum Gasteiger partial charge on any atom is -0.369 e. The molecule has 1 aliphatic rings. The molecule has 1 aromatic heterocycles. The molecule has 2 heterocycles. The minimum atomic E-state index is -3.61. The lowest BCUT2D eigenvalue weighted by Gasteiger charge is -2.35. The van der Waals surface area contributed by atoms with Crippen LogP contribution in [0.2, 0.25) is 0 Å². The number of benzene rings is 3. The summed E-state index contributed by atoms with van der Waals surface area (Å²) in [7, 11) is -3.61. The molecule has 0 unspecified atom stereocenters. The lowest BCUT2D eigenvalue weighted by atomic mass is 10.2. The third kappa shape index (κ3) is 3.73. The van der Waals surface area contributed by atoms with Gasteiger partial charge in [-0.15, -0.1) is 0 Å². The number of nitriles is 1. The van der Waals surface area contributed by atoms with Crippen molar-refractivity contribution in [2.45, 2.75) is 4.90 Å². The molecule has 1 saturated heterocycles. The highest BCUT2D eigenvalue weighted by molar-refractivity contribution is 7.89. The van der Waals surface area contributed by atoms with Crippen molar-refractivity contribution >= 4 is 26.7 Å². The average molecular weight is 444 g/mol. The summed E-state index contributed by atoms with van der Waals surface area (Å²) < 4.78 is 28.1. The molecule has 1 N–H and O–H groups in total. The first kappa shape index (κ1) is 20.2. The Morgan fingerprint density at radius 1 is 0.906 bits per heavy atom. The molecule has 0 atom stereocenters. The van der Waals surface area contributed by atoms with Gasteiger partial charge in [0.2, 0.25) is 10.0 Å². The maximum Gasteiger partial charge on any atom is 0.243 e. The number of aromatic nitrogens is 2. The fourth-order valence-electron chi connectivity index (χ4n) is 3.96. The second-order valence-corrected chi connectivity index (χ2v) is 9.62. The standard InChI is InChI=1S/C24H21N5O2S/c25-17-18-6-8-20(9-7-18)28-12-14-29(15-13-28)32(30,31)21-10-11-22-23(16-21)27-24(26-22)19-4-2-1-3-5-19/h1-11,16H,12-15H2,(H,26,27). The Morgan fingerprint density at radius 3 is 2.31 bits per heavy atom. The monoisotopic (exact) mass is 443 g/mol. The highest BCUT2D eigenvalue weighted by Crippen LogP contribution is 2.26. The maximum absolute atomic E-state index is 13.3. The molecule has 7 nitrogen and oxygen atoms in total. The van der Waals surface area contributed by atoms with Crippen LogP contribution in [-0.2, 0) is 10.0 Å². The lowest BCUT2D eigenvalue weighted by molar-refractivity contribution is 0.385. The predicted octanol–water partition coefficient (Wildman–Crippen LogP) is 3.61. The first-order valence-electron chi connectivity index (χ1n) is 10.3. The number of nitrogens with zero attached hydrogens (tertiary/aromatic N) is 4. The zero-order valence-corrected chi connectivity index (χ0v) is 18.1. The van der Waals surface area contributed by atoms with Crippen LogP contribution < -0.4 is 4.90 Å². The van der Waals surface area contributed by atoms with Crippen LogP contribution in [0, 0.1) is 11.3 Å². The summed E-state index contributed by atoms with van der Waals surface area (Å²) in [4.78, 5) is 10.2. The summed E-state index contributed by atoms with van der Waals surface area (Å²) in [6.45, 7) is 1.99. The van der Waals surface area contributed by atoms with Gasteiger partial charge in [0.25, 0.3) is 0 Å². The molecular formula is C24H21N5O2S. The quantitative estimate of drug-likeness (QED) is 0.520. The van der Waals surface area contributed by atoms with Crippen LogP contribution in [0.15, 0.2) is 77.7 Å². The van der Waals surface area contributed by atoms with E-state index in [9.17, 15) is 8.42 Å². The second kappa shape index (κ2) is 8.11. The number of sulfonamides is 1. The highest BCUT2D eigenvalue weighted by Gasteiger charge is 2.29. The van der Waals surface area contributed by atoms with Crippen molar-refractivity contribution in [1.82, 2.24) is 14.3 Å². The molecule has 0 bridgehead atoms. The van der Waals surface area contributed by atoms with Crippen molar-refractivity contribution in [3.05, 3.63) is 78.4 Å². The van der Waals surface area contributed by atoms with Crippen LogP contribution in [0.1, 0.15) is 5.56 Å². The fourth-order valence-corrected chi connectivity index (χ4v) is 5.41. The van der Waals surface area contributed by atoms with Gasteiger partial charge in [0.05, 0.1) is 27.6 Å². The molecule has 1 aliphatic heterocycles. The molecule has 0 spiro atoms. The number of imidazole rings is 1. The van der Waals surface area contributed by atoms with E-state index in [2.05, 4.69) is 20.9 Å². The topological polar surface area (TPSA) is 93.1 Å². The molecular weight excluding hydrogens is 422 g/mol. The summed E-state index contributed by atoms with van der Waals surface area (Å²) in [5, 5.41) is 8.95. The average Bonchev–Trinajstić information content (AvgIpc) is 3.28. The second-order valence-electron chi connectivity index (χ2n) is 7.68. The smallest absolute Gasteiger partial charge is 0.243 e. The molecule has 160 valence electrons. The number of piperazine rings is 1. The van der Waals surface area contributed by atoms with Crippen molar-refractivity contribution in [2.75, 3.05) is 31.1 Å². The predicted molar refractivity (Wildman–Crippen MR) is 124 cm³/mol. The van der Waals surface area contributed by atoms with E-state index in [1.165, 1.54) is 4.31 Å². The maximum atomic E-state index is 13.3. The van der Waals surface area contributed by atoms with Crippen LogP contribution in [0.5, 0.6) is 0 Å². The molecule has 4 aromatic rings. The summed E-state index contributed by atoms with van der Waals surface area (Å²) in [5.74, 6) is 0.714. The molecule has 32 heavy (non-hydrogen) atoms. The van der Waals surface area contributed by atoms with E-state index >= 15 is 0 Å². The van der Waals surface area contributed by atoms with Crippen molar-refractivity contribution in [3.63, 3.8) is 0 Å². The number of anilines is 1. The molecule has 8 heteroatoms. The van der Waals surface area contributed by atoms with E-state index in [0.717, 1.165) is 16.8 Å². The Labute approximate surface area is 186 Å². The third-order valence-corrected chi connectivity index (χ3v) is 7.63. The minimum absolute atomic E-state index is 0.264. The Hall–Kier alpha value is -3.67. The molecule has 0 radical (unpaired) electrons. The van der Waals surface area contributed by atoms with Crippen molar-refractivity contribution < 1.29 is 8.42 Å². The summed E-state index contributed by atoms with van der Waals surface area (Å²) in [6.07, 6.45) is 0. The van der Waals surface area contributed by atoms with Crippen molar-refractivity contribution in [2.24, 2.45) is 0 Å².